The third-order valence-electron chi connectivity index (χ3n) is 11.4. The molecule has 7 atom stereocenters. The summed E-state index contributed by atoms with van der Waals surface area (Å²) in [6.07, 6.45) is 4.16. The third-order valence-corrected chi connectivity index (χ3v) is 11.4. The first-order valence-electron chi connectivity index (χ1n) is 23.3. The first-order chi connectivity index (χ1) is 30.7. The van der Waals surface area contributed by atoms with Crippen molar-refractivity contribution in [3.63, 3.8) is 0 Å². The topological polar surface area (TPSA) is 338 Å². The molecule has 368 valence electrons. The first-order valence-corrected chi connectivity index (χ1v) is 23.3. The number of phenols is 1. The average Bonchev–Trinajstić information content (AvgIpc) is 3.23. The molecule has 0 bridgehead atoms. The molecular formula is C47H81N9O9. The number of benzene rings is 1. The summed E-state index contributed by atoms with van der Waals surface area (Å²) in [5.74, 6) is -6.79. The van der Waals surface area contributed by atoms with Crippen LogP contribution in [0.4, 0.5) is 0 Å². The van der Waals surface area contributed by atoms with Crippen LogP contribution in [0.5, 0.6) is 5.75 Å². The molecule has 0 heterocycles. The molecule has 0 spiro atoms. The van der Waals surface area contributed by atoms with Gasteiger partial charge in [0.1, 0.15) is 5.75 Å². The summed E-state index contributed by atoms with van der Waals surface area (Å²) in [5, 5.41) is 28.0. The Bertz CT molecular complexity index is 1670. The number of carbonyl (C=O) groups excluding carboxylic acids is 7. The second-order valence-corrected chi connectivity index (χ2v) is 18.3. The molecule has 4 amide bonds. The van der Waals surface area contributed by atoms with E-state index in [-0.39, 0.29) is 79.5 Å². The van der Waals surface area contributed by atoms with Gasteiger partial charge >= 0.3 is 0 Å². The number of aliphatic imine (C=N–C) groups is 1. The number of nitrogens with two attached hydrogens (primary N) is 5. The number of guanidine groups is 1. The van der Waals surface area contributed by atoms with Gasteiger partial charge in [0, 0.05) is 43.6 Å². The van der Waals surface area contributed by atoms with Gasteiger partial charge in [0.2, 0.25) is 23.6 Å². The van der Waals surface area contributed by atoms with E-state index in [0.717, 1.165) is 5.56 Å². The molecule has 0 aliphatic heterocycles. The molecule has 1 rings (SSSR count). The van der Waals surface area contributed by atoms with Gasteiger partial charge in [0.25, 0.3) is 0 Å². The van der Waals surface area contributed by atoms with E-state index in [1.807, 2.05) is 27.7 Å². The Morgan fingerprint density at radius 2 is 1.05 bits per heavy atom. The number of rotatable bonds is 36. The fraction of sp³-hybridized carbons (Fsp3) is 0.702. The first kappa shape index (κ1) is 58.1. The number of hydrogen-bond donors (Lipinski definition) is 10. The molecule has 1 aromatic rings. The Kier molecular flexibility index (Phi) is 28.5. The molecule has 0 unspecified atom stereocenters. The molecule has 15 N–H and O–H groups in total. The van der Waals surface area contributed by atoms with Gasteiger partial charge in [0.05, 0.1) is 30.7 Å². The van der Waals surface area contributed by atoms with Gasteiger partial charge in [-0.05, 0) is 113 Å². The monoisotopic (exact) mass is 916 g/mol. The molecule has 65 heavy (non-hydrogen) atoms. The second-order valence-electron chi connectivity index (χ2n) is 18.3. The highest BCUT2D eigenvalue weighted by molar-refractivity contribution is 5.97. The summed E-state index contributed by atoms with van der Waals surface area (Å²) >= 11 is 0. The van der Waals surface area contributed by atoms with E-state index >= 15 is 0 Å². The van der Waals surface area contributed by atoms with Gasteiger partial charge in [-0.1, -0.05) is 53.2 Å². The number of hydrogen-bond acceptors (Lipinski definition) is 12. The van der Waals surface area contributed by atoms with Gasteiger partial charge in [-0.3, -0.25) is 38.6 Å². The van der Waals surface area contributed by atoms with E-state index in [2.05, 4.69) is 20.9 Å². The number of nitrogens with zero attached hydrogens (tertiary/aromatic N) is 1. The predicted molar refractivity (Wildman–Crippen MR) is 252 cm³/mol. The lowest BCUT2D eigenvalue weighted by Crippen LogP contribution is -2.49. The van der Waals surface area contributed by atoms with Crippen molar-refractivity contribution in [3.8, 4) is 5.75 Å². The molecular weight excluding hydrogens is 835 g/mol. The van der Waals surface area contributed by atoms with Crippen molar-refractivity contribution in [2.75, 3.05) is 26.2 Å². The van der Waals surface area contributed by atoms with Crippen LogP contribution in [0.25, 0.3) is 0 Å². The lowest BCUT2D eigenvalue weighted by molar-refractivity contribution is -0.136. The van der Waals surface area contributed by atoms with Crippen LogP contribution in [0.3, 0.4) is 0 Å². The van der Waals surface area contributed by atoms with E-state index in [1.165, 1.54) is 12.1 Å². The van der Waals surface area contributed by atoms with Gasteiger partial charge in [-0.2, -0.15) is 0 Å². The number of unbranched alkanes of at least 4 members (excludes halogenated alkanes) is 3. The van der Waals surface area contributed by atoms with Gasteiger partial charge in [-0.15, -0.1) is 0 Å². The number of amides is 4. The SMILES string of the molecule is CC(C)C[C@H](CC(=O)[C@H](CC(C)C)NC(=O)[C@H](CCCCN)CC(=O)[C@H](CCCCN=C(N)N)NC(=O)[C@@H](C)Cc1ccc(O)cc1)C(=O)N[C@@H](CCCCN)C(=O)C[C@@H](CO)C(N)=O. The van der Waals surface area contributed by atoms with Crippen LogP contribution in [-0.4, -0.2) is 102 Å². The van der Waals surface area contributed by atoms with Gasteiger partial charge < -0.3 is 54.8 Å². The minimum atomic E-state index is -1.11. The predicted octanol–water partition coefficient (Wildman–Crippen LogP) is 2.02. The number of aliphatic hydroxyl groups is 1. The minimum absolute atomic E-state index is 0.0228. The van der Waals surface area contributed by atoms with Crippen LogP contribution in [0, 0.1) is 35.5 Å². The average molecular weight is 916 g/mol. The van der Waals surface area contributed by atoms with E-state index in [1.54, 1.807) is 19.1 Å². The Labute approximate surface area is 385 Å². The summed E-state index contributed by atoms with van der Waals surface area (Å²) < 4.78 is 0. The molecule has 0 radical (unpaired) electrons. The number of carbonyl (C=O) groups is 7. The number of aromatic hydroxyl groups is 1. The van der Waals surface area contributed by atoms with Crippen molar-refractivity contribution in [2.45, 2.75) is 149 Å². The maximum Gasteiger partial charge on any atom is 0.224 e. The van der Waals surface area contributed by atoms with Gasteiger partial charge in [-0.25, -0.2) is 0 Å². The van der Waals surface area contributed by atoms with Crippen LogP contribution in [0.2, 0.25) is 0 Å². The Morgan fingerprint density at radius 1 is 0.585 bits per heavy atom. The van der Waals surface area contributed by atoms with Crippen molar-refractivity contribution < 1.29 is 43.8 Å². The number of aliphatic hydroxyl groups excluding tert-OH is 1. The molecule has 18 heteroatoms. The largest absolute Gasteiger partial charge is 0.508 e. The molecule has 0 saturated carbocycles. The fourth-order valence-electron chi connectivity index (χ4n) is 7.63. The van der Waals surface area contributed by atoms with Crippen molar-refractivity contribution in [1.29, 1.82) is 0 Å². The minimum Gasteiger partial charge on any atom is -0.508 e. The smallest absolute Gasteiger partial charge is 0.224 e. The Balaban J connectivity index is 3.38. The number of Topliss-reactive ketones (excluding diaryl/α,β-unsaturated/α-hetero) is 3. The number of phenolic OH excluding ortho intramolecular Hbond substituents is 1. The maximum absolute atomic E-state index is 14.2. The van der Waals surface area contributed by atoms with Crippen LogP contribution >= 0.6 is 0 Å². The maximum atomic E-state index is 14.2. The molecule has 1 aromatic carbocycles. The molecule has 0 aliphatic rings. The molecule has 18 nitrogen and oxygen atoms in total. The molecule has 0 aliphatic carbocycles. The molecule has 0 saturated heterocycles. The van der Waals surface area contributed by atoms with E-state index < -0.39 is 71.9 Å². The van der Waals surface area contributed by atoms with Crippen LogP contribution in [0.1, 0.15) is 130 Å². The van der Waals surface area contributed by atoms with E-state index in [9.17, 15) is 43.8 Å². The van der Waals surface area contributed by atoms with Crippen molar-refractivity contribution in [2.24, 2.45) is 69.2 Å². The number of nitrogens with one attached hydrogen (secondary N) is 3. The zero-order valence-corrected chi connectivity index (χ0v) is 39.5. The lowest BCUT2D eigenvalue weighted by atomic mass is 9.86. The Morgan fingerprint density at radius 3 is 1.55 bits per heavy atom. The van der Waals surface area contributed by atoms with Crippen LogP contribution in [0.15, 0.2) is 29.3 Å². The van der Waals surface area contributed by atoms with Crippen molar-refractivity contribution in [1.82, 2.24) is 16.0 Å². The summed E-state index contributed by atoms with van der Waals surface area (Å²) in [6, 6.07) is 3.61. The quantitative estimate of drug-likeness (QED) is 0.0262. The van der Waals surface area contributed by atoms with Crippen LogP contribution < -0.4 is 44.6 Å². The second kappa shape index (κ2) is 31.9. The fourth-order valence-corrected chi connectivity index (χ4v) is 7.63. The molecule has 0 aromatic heterocycles. The zero-order chi connectivity index (χ0) is 49.1. The van der Waals surface area contributed by atoms with Crippen molar-refractivity contribution >= 4 is 46.9 Å². The van der Waals surface area contributed by atoms with Gasteiger partial charge in [0.15, 0.2) is 23.3 Å². The highest BCUT2D eigenvalue weighted by Gasteiger charge is 2.34. The third kappa shape index (κ3) is 24.2. The van der Waals surface area contributed by atoms with E-state index in [0.29, 0.717) is 77.4 Å². The lowest BCUT2D eigenvalue weighted by Gasteiger charge is -2.27. The summed E-state index contributed by atoms with van der Waals surface area (Å²) in [5.41, 5.74) is 28.6. The Hall–Kier alpha value is -4.94. The highest BCUT2D eigenvalue weighted by atomic mass is 16.3. The number of ketones is 3. The summed E-state index contributed by atoms with van der Waals surface area (Å²) in [7, 11) is 0. The number of primary amides is 1. The highest BCUT2D eigenvalue weighted by Crippen LogP contribution is 2.23. The van der Waals surface area contributed by atoms with Crippen molar-refractivity contribution in [3.05, 3.63) is 29.8 Å². The zero-order valence-electron chi connectivity index (χ0n) is 39.5. The normalized spacial score (nSPS) is 14.6. The van der Waals surface area contributed by atoms with Crippen LogP contribution in [-0.2, 0) is 40.0 Å². The van der Waals surface area contributed by atoms with E-state index in [4.69, 9.17) is 28.7 Å². The standard InChI is InChI=1S/C47H81N9O9/c1-29(2)22-34(46(65)55-38(13-7-10-20-49)41(60)27-35(28-57)43(50)62)26-42(61)39(23-30(3)4)56-45(64)33(12-6-9-19-48)25-40(59)37(14-8-11-21-53-47(51)52)54-44(63)31(5)24-32-15-17-36(58)18-16-32/h15-18,29-31,33-35,37-39,57-58H,6-14,19-28,48-49H2,1-5H3,(H2,50,62)(H,54,63)(H,55,65)(H,56,64)(H4,51,52,53)/t31-,33+,34+,35-,37-,38-,39-/m0/s1. The summed E-state index contributed by atoms with van der Waals surface area (Å²) in [4.78, 5) is 99.3. The summed E-state index contributed by atoms with van der Waals surface area (Å²) in [6.45, 7) is 9.80. The molecule has 0 fully saturated rings.